The molecule has 1 aromatic rings. The third kappa shape index (κ3) is 2.40. The summed E-state index contributed by atoms with van der Waals surface area (Å²) in [5.41, 5.74) is 5.78. The Hall–Kier alpha value is -0.810. The molecule has 2 rings (SSSR count). The second kappa shape index (κ2) is 5.23. The van der Waals surface area contributed by atoms with Crippen molar-refractivity contribution in [2.45, 2.75) is 25.8 Å². The van der Waals surface area contributed by atoms with Crippen LogP contribution in [0.25, 0.3) is 0 Å². The number of hydrogen-bond acceptors (Lipinski definition) is 3. The van der Waals surface area contributed by atoms with Crippen LogP contribution in [0.2, 0.25) is 0 Å². The molecule has 5 heteroatoms. The monoisotopic (exact) mass is 300 g/mol. The van der Waals surface area contributed by atoms with Crippen LogP contribution < -0.4 is 5.73 Å². The van der Waals surface area contributed by atoms with E-state index in [1.807, 2.05) is 4.90 Å². The fourth-order valence-electron chi connectivity index (χ4n) is 2.44. The number of nitrogens with two attached hydrogens (primary N) is 1. The molecule has 4 nitrogen and oxygen atoms in total. The third-order valence-corrected chi connectivity index (χ3v) is 4.05. The van der Waals surface area contributed by atoms with E-state index in [0.717, 1.165) is 19.4 Å². The Morgan fingerprint density at radius 2 is 2.47 bits per heavy atom. The summed E-state index contributed by atoms with van der Waals surface area (Å²) in [7, 11) is 0. The molecule has 2 N–H and O–H groups in total. The molecular formula is C12H17BrN2O2. The standard InChI is InChI=1S/C12H17BrN2O2/c1-8-3-2-5-15(10(8)7-14)12(16)11-9(13)4-6-17-11/h4,6,8,10H,2-3,5,7,14H2,1H3/t8-,10+/m0/s1. The zero-order valence-electron chi connectivity index (χ0n) is 9.86. The van der Waals surface area contributed by atoms with Crippen molar-refractivity contribution in [3.63, 3.8) is 0 Å². The van der Waals surface area contributed by atoms with E-state index in [9.17, 15) is 4.79 Å². The summed E-state index contributed by atoms with van der Waals surface area (Å²) < 4.78 is 5.93. The molecule has 1 fully saturated rings. The number of likely N-dealkylation sites (tertiary alicyclic amines) is 1. The minimum absolute atomic E-state index is 0.0659. The van der Waals surface area contributed by atoms with Crippen LogP contribution in [0.5, 0.6) is 0 Å². The van der Waals surface area contributed by atoms with Gasteiger partial charge in [-0.15, -0.1) is 0 Å². The Balaban J connectivity index is 2.21. The summed E-state index contributed by atoms with van der Waals surface area (Å²) in [6, 6.07) is 1.85. The van der Waals surface area contributed by atoms with Gasteiger partial charge >= 0.3 is 0 Å². The highest BCUT2D eigenvalue weighted by atomic mass is 79.9. The first-order valence-electron chi connectivity index (χ1n) is 5.89. The first kappa shape index (κ1) is 12.6. The maximum Gasteiger partial charge on any atom is 0.291 e. The van der Waals surface area contributed by atoms with E-state index in [1.165, 1.54) is 6.26 Å². The minimum atomic E-state index is -0.0659. The average Bonchev–Trinajstić information content (AvgIpc) is 2.74. The predicted octanol–water partition coefficient (Wildman–Crippen LogP) is 2.24. The van der Waals surface area contributed by atoms with E-state index in [1.54, 1.807) is 6.07 Å². The van der Waals surface area contributed by atoms with Gasteiger partial charge in [-0.1, -0.05) is 6.92 Å². The van der Waals surface area contributed by atoms with Gasteiger partial charge in [-0.05, 0) is 40.8 Å². The minimum Gasteiger partial charge on any atom is -0.458 e. The average molecular weight is 301 g/mol. The van der Waals surface area contributed by atoms with Crippen LogP contribution in [0.1, 0.15) is 30.3 Å². The van der Waals surface area contributed by atoms with Gasteiger partial charge in [0.1, 0.15) is 0 Å². The van der Waals surface area contributed by atoms with Crippen molar-refractivity contribution < 1.29 is 9.21 Å². The van der Waals surface area contributed by atoms with Gasteiger partial charge in [0.25, 0.3) is 5.91 Å². The molecule has 0 aliphatic carbocycles. The van der Waals surface area contributed by atoms with Crippen molar-refractivity contribution in [3.05, 3.63) is 22.6 Å². The molecule has 0 bridgehead atoms. The largest absolute Gasteiger partial charge is 0.458 e. The molecule has 0 radical (unpaired) electrons. The Bertz CT molecular complexity index is 405. The highest BCUT2D eigenvalue weighted by Gasteiger charge is 2.33. The van der Waals surface area contributed by atoms with E-state index in [2.05, 4.69) is 22.9 Å². The van der Waals surface area contributed by atoms with Gasteiger partial charge in [0.15, 0.2) is 0 Å². The molecule has 0 spiro atoms. The summed E-state index contributed by atoms with van der Waals surface area (Å²) in [6.45, 7) is 3.41. The molecule has 1 amide bonds. The van der Waals surface area contributed by atoms with Crippen molar-refractivity contribution in [3.8, 4) is 0 Å². The highest BCUT2D eigenvalue weighted by molar-refractivity contribution is 9.10. The van der Waals surface area contributed by atoms with Crippen LogP contribution in [-0.4, -0.2) is 29.9 Å². The summed E-state index contributed by atoms with van der Waals surface area (Å²) in [5.74, 6) is 0.757. The van der Waals surface area contributed by atoms with Crippen LogP contribution in [0.15, 0.2) is 21.2 Å². The Morgan fingerprint density at radius 1 is 1.71 bits per heavy atom. The molecule has 94 valence electrons. The zero-order valence-corrected chi connectivity index (χ0v) is 11.4. The lowest BCUT2D eigenvalue weighted by Crippen LogP contribution is -2.51. The lowest BCUT2D eigenvalue weighted by Gasteiger charge is -2.39. The van der Waals surface area contributed by atoms with E-state index < -0.39 is 0 Å². The number of piperidine rings is 1. The van der Waals surface area contributed by atoms with Crippen LogP contribution in [0.4, 0.5) is 0 Å². The van der Waals surface area contributed by atoms with Crippen LogP contribution >= 0.6 is 15.9 Å². The van der Waals surface area contributed by atoms with E-state index in [4.69, 9.17) is 10.2 Å². The molecule has 17 heavy (non-hydrogen) atoms. The number of carbonyl (C=O) groups excluding carboxylic acids is 1. The molecule has 0 saturated carbocycles. The fraction of sp³-hybridized carbons (Fsp3) is 0.583. The van der Waals surface area contributed by atoms with Crippen LogP contribution in [0.3, 0.4) is 0 Å². The lowest BCUT2D eigenvalue weighted by atomic mass is 9.90. The van der Waals surface area contributed by atoms with Gasteiger partial charge in [0, 0.05) is 19.1 Å². The molecule has 0 aromatic carbocycles. The Kier molecular flexibility index (Phi) is 3.89. The van der Waals surface area contributed by atoms with Gasteiger partial charge in [0.2, 0.25) is 5.76 Å². The third-order valence-electron chi connectivity index (χ3n) is 3.43. The predicted molar refractivity (Wildman–Crippen MR) is 68.7 cm³/mol. The van der Waals surface area contributed by atoms with Crippen molar-refractivity contribution in [1.82, 2.24) is 4.90 Å². The SMILES string of the molecule is C[C@H]1CCCN(C(=O)c2occc2Br)[C@@H]1CN. The Morgan fingerprint density at radius 3 is 3.06 bits per heavy atom. The second-order valence-corrected chi connectivity index (χ2v) is 5.37. The number of rotatable bonds is 2. The van der Waals surface area contributed by atoms with Crippen LogP contribution in [-0.2, 0) is 0 Å². The summed E-state index contributed by atoms with van der Waals surface area (Å²) in [5, 5.41) is 0. The molecule has 1 aliphatic heterocycles. The topological polar surface area (TPSA) is 59.5 Å². The first-order valence-corrected chi connectivity index (χ1v) is 6.68. The number of furan rings is 1. The van der Waals surface area contributed by atoms with Gasteiger partial charge in [-0.25, -0.2) is 0 Å². The first-order chi connectivity index (χ1) is 8.15. The number of amides is 1. The highest BCUT2D eigenvalue weighted by Crippen LogP contribution is 2.27. The van der Waals surface area contributed by atoms with E-state index in [0.29, 0.717) is 22.7 Å². The normalized spacial score (nSPS) is 25.0. The van der Waals surface area contributed by atoms with Gasteiger partial charge in [-0.3, -0.25) is 4.79 Å². The van der Waals surface area contributed by atoms with Gasteiger partial charge in [0.05, 0.1) is 10.7 Å². The lowest BCUT2D eigenvalue weighted by molar-refractivity contribution is 0.0500. The summed E-state index contributed by atoms with van der Waals surface area (Å²) >= 11 is 3.32. The van der Waals surface area contributed by atoms with E-state index in [-0.39, 0.29) is 11.9 Å². The number of nitrogens with zero attached hydrogens (tertiary/aromatic N) is 1. The molecule has 1 saturated heterocycles. The maximum absolute atomic E-state index is 12.3. The smallest absolute Gasteiger partial charge is 0.291 e. The van der Waals surface area contributed by atoms with Crippen molar-refractivity contribution >= 4 is 21.8 Å². The summed E-state index contributed by atoms with van der Waals surface area (Å²) in [6.07, 6.45) is 3.68. The van der Waals surface area contributed by atoms with Crippen molar-refractivity contribution in [1.29, 1.82) is 0 Å². The van der Waals surface area contributed by atoms with Crippen LogP contribution in [0, 0.1) is 5.92 Å². The molecule has 1 aliphatic rings. The number of carbonyl (C=O) groups is 1. The van der Waals surface area contributed by atoms with E-state index >= 15 is 0 Å². The number of hydrogen-bond donors (Lipinski definition) is 1. The quantitative estimate of drug-likeness (QED) is 0.911. The Labute approximate surface area is 109 Å². The molecular weight excluding hydrogens is 284 g/mol. The molecule has 2 atom stereocenters. The fourth-order valence-corrected chi connectivity index (χ4v) is 2.81. The maximum atomic E-state index is 12.3. The van der Waals surface area contributed by atoms with Gasteiger partial charge in [-0.2, -0.15) is 0 Å². The summed E-state index contributed by atoms with van der Waals surface area (Å²) in [4.78, 5) is 14.2. The zero-order chi connectivity index (χ0) is 12.4. The second-order valence-electron chi connectivity index (χ2n) is 4.52. The molecule has 2 heterocycles. The molecule has 1 aromatic heterocycles. The molecule has 0 unspecified atom stereocenters. The van der Waals surface area contributed by atoms with Crippen molar-refractivity contribution in [2.24, 2.45) is 11.7 Å². The van der Waals surface area contributed by atoms with Gasteiger partial charge < -0.3 is 15.1 Å². The van der Waals surface area contributed by atoms with Crippen molar-refractivity contribution in [2.75, 3.05) is 13.1 Å². The number of halogens is 1.